The number of unbranched alkanes of at least 4 members (excludes halogenated alkanes) is 4. The molecular weight excluding hydrogens is 324 g/mol. The first-order valence-corrected chi connectivity index (χ1v) is 9.46. The Bertz CT molecular complexity index is 723. The number of carbonyl (C=O) groups excluding carboxylic acids is 2. The minimum atomic E-state index is -0.00894. The van der Waals surface area contributed by atoms with Gasteiger partial charge in [0.2, 0.25) is 0 Å². The van der Waals surface area contributed by atoms with Gasteiger partial charge in [-0.1, -0.05) is 48.6 Å². The zero-order chi connectivity index (χ0) is 18.8. The fraction of sp³-hybridized carbons (Fsp3) is 0.391. The Morgan fingerprint density at radius 2 is 1.38 bits per heavy atom. The number of allylic oxidation sites excluding steroid dienone is 5. The highest BCUT2D eigenvalue weighted by atomic mass is 16.2. The van der Waals surface area contributed by atoms with Gasteiger partial charge in [-0.2, -0.15) is 0 Å². The lowest BCUT2D eigenvalue weighted by atomic mass is 9.83. The van der Waals surface area contributed by atoms with E-state index in [0.717, 1.165) is 38.5 Å². The van der Waals surface area contributed by atoms with E-state index < -0.39 is 0 Å². The topological polar surface area (TPSA) is 54.4 Å². The smallest absolute Gasteiger partial charge is 0.190 e. The highest BCUT2D eigenvalue weighted by Gasteiger charge is 2.28. The molecule has 0 amide bonds. The van der Waals surface area contributed by atoms with E-state index in [0.29, 0.717) is 28.7 Å². The maximum absolute atomic E-state index is 12.6. The van der Waals surface area contributed by atoms with Crippen molar-refractivity contribution in [2.45, 2.75) is 51.9 Å². The molecule has 0 unspecified atom stereocenters. The molecular formula is C23H28O3. The molecule has 1 aromatic carbocycles. The molecule has 1 aliphatic carbocycles. The lowest BCUT2D eigenvalue weighted by Crippen LogP contribution is -2.20. The number of rotatable bonds is 10. The fourth-order valence-electron chi connectivity index (χ4n) is 3.20. The summed E-state index contributed by atoms with van der Waals surface area (Å²) in [6.07, 6.45) is 14.9. The Balaban J connectivity index is 1.74. The second kappa shape index (κ2) is 10.7. The van der Waals surface area contributed by atoms with Gasteiger partial charge in [-0.15, -0.1) is 0 Å². The normalized spacial score (nSPS) is 14.7. The molecule has 1 N–H and O–H groups in total. The predicted octanol–water partition coefficient (Wildman–Crippen LogP) is 5.22. The SMILES string of the molecule is CC1=C(CCCC/C=C/CCC/C=C/CO)C(=O)c2ccccc2C1=O. The van der Waals surface area contributed by atoms with Gasteiger partial charge in [-0.3, -0.25) is 9.59 Å². The number of hydrogen-bond acceptors (Lipinski definition) is 3. The zero-order valence-corrected chi connectivity index (χ0v) is 15.5. The van der Waals surface area contributed by atoms with Crippen LogP contribution in [0, 0.1) is 0 Å². The van der Waals surface area contributed by atoms with Gasteiger partial charge < -0.3 is 5.11 Å². The van der Waals surface area contributed by atoms with Crippen LogP contribution in [0.4, 0.5) is 0 Å². The van der Waals surface area contributed by atoms with Gasteiger partial charge in [0, 0.05) is 22.3 Å². The minimum Gasteiger partial charge on any atom is -0.392 e. The molecule has 0 aromatic heterocycles. The number of hydrogen-bond donors (Lipinski definition) is 1. The zero-order valence-electron chi connectivity index (χ0n) is 15.5. The van der Waals surface area contributed by atoms with Crippen LogP contribution >= 0.6 is 0 Å². The van der Waals surface area contributed by atoms with Gasteiger partial charge in [0.15, 0.2) is 11.6 Å². The second-order valence-electron chi connectivity index (χ2n) is 6.61. The fourth-order valence-corrected chi connectivity index (χ4v) is 3.20. The maximum atomic E-state index is 12.6. The van der Waals surface area contributed by atoms with Crippen LogP contribution in [-0.4, -0.2) is 23.3 Å². The van der Waals surface area contributed by atoms with E-state index in [4.69, 9.17) is 5.11 Å². The average Bonchev–Trinajstić information content (AvgIpc) is 2.66. The third-order valence-corrected chi connectivity index (χ3v) is 4.71. The molecule has 1 aromatic rings. The number of aliphatic hydroxyl groups excluding tert-OH is 1. The van der Waals surface area contributed by atoms with E-state index in [-0.39, 0.29) is 18.2 Å². The van der Waals surface area contributed by atoms with E-state index in [2.05, 4.69) is 12.2 Å². The van der Waals surface area contributed by atoms with E-state index in [9.17, 15) is 9.59 Å². The van der Waals surface area contributed by atoms with Crippen molar-refractivity contribution in [3.8, 4) is 0 Å². The van der Waals surface area contributed by atoms with Crippen molar-refractivity contribution >= 4 is 11.6 Å². The highest BCUT2D eigenvalue weighted by molar-refractivity contribution is 6.26. The van der Waals surface area contributed by atoms with E-state index in [1.807, 2.05) is 12.1 Å². The summed E-state index contributed by atoms with van der Waals surface area (Å²) in [6, 6.07) is 7.10. The molecule has 3 nitrogen and oxygen atoms in total. The van der Waals surface area contributed by atoms with Crippen LogP contribution in [0.3, 0.4) is 0 Å². The Morgan fingerprint density at radius 1 is 0.808 bits per heavy atom. The summed E-state index contributed by atoms with van der Waals surface area (Å²) in [5, 5.41) is 8.64. The highest BCUT2D eigenvalue weighted by Crippen LogP contribution is 2.28. The quantitative estimate of drug-likeness (QED) is 0.464. The summed E-state index contributed by atoms with van der Waals surface area (Å²) >= 11 is 0. The van der Waals surface area contributed by atoms with Crippen LogP contribution in [0.25, 0.3) is 0 Å². The molecule has 0 saturated heterocycles. The molecule has 0 radical (unpaired) electrons. The van der Waals surface area contributed by atoms with Gasteiger partial charge in [-0.05, 0) is 51.9 Å². The molecule has 138 valence electrons. The van der Waals surface area contributed by atoms with Gasteiger partial charge in [0.1, 0.15) is 0 Å². The van der Waals surface area contributed by atoms with Crippen molar-refractivity contribution in [3.63, 3.8) is 0 Å². The molecule has 0 heterocycles. The van der Waals surface area contributed by atoms with Crippen molar-refractivity contribution in [1.82, 2.24) is 0 Å². The molecule has 0 fully saturated rings. The third kappa shape index (κ3) is 5.37. The molecule has 0 spiro atoms. The first kappa shape index (κ1) is 20.1. The lowest BCUT2D eigenvalue weighted by molar-refractivity contribution is 0.0971. The Labute approximate surface area is 156 Å². The van der Waals surface area contributed by atoms with Crippen molar-refractivity contribution in [2.75, 3.05) is 6.61 Å². The van der Waals surface area contributed by atoms with Crippen molar-refractivity contribution < 1.29 is 14.7 Å². The van der Waals surface area contributed by atoms with E-state index in [1.165, 1.54) is 0 Å². The van der Waals surface area contributed by atoms with Gasteiger partial charge >= 0.3 is 0 Å². The summed E-state index contributed by atoms with van der Waals surface area (Å²) in [5.74, 6) is 0.00881. The van der Waals surface area contributed by atoms with Crippen molar-refractivity contribution in [3.05, 3.63) is 70.8 Å². The van der Waals surface area contributed by atoms with Crippen LogP contribution in [0.5, 0.6) is 0 Å². The Kier molecular flexibility index (Phi) is 8.23. The largest absolute Gasteiger partial charge is 0.392 e. The standard InChI is InChI=1S/C23H28O3/c1-18-19(23(26)21-16-12-11-15-20(21)22(18)25)14-10-8-6-4-2-3-5-7-9-13-17-24/h2,4,9,11-13,15-16,24H,3,5-8,10,14,17H2,1H3/b4-2+,13-9+. The summed E-state index contributed by atoms with van der Waals surface area (Å²) in [7, 11) is 0. The Hall–Kier alpha value is -2.26. The number of carbonyl (C=O) groups is 2. The van der Waals surface area contributed by atoms with Crippen LogP contribution in [-0.2, 0) is 0 Å². The van der Waals surface area contributed by atoms with Crippen LogP contribution in [0.2, 0.25) is 0 Å². The predicted molar refractivity (Wildman–Crippen MR) is 105 cm³/mol. The average molecular weight is 352 g/mol. The number of fused-ring (bicyclic) bond motifs is 1. The monoisotopic (exact) mass is 352 g/mol. The number of Topliss-reactive ketones (excluding diaryl/α,β-unsaturated/α-hetero) is 2. The molecule has 1 aliphatic rings. The van der Waals surface area contributed by atoms with Crippen LogP contribution < -0.4 is 0 Å². The molecule has 0 saturated carbocycles. The molecule has 2 rings (SSSR count). The summed E-state index contributed by atoms with van der Waals surface area (Å²) in [6.45, 7) is 1.89. The van der Waals surface area contributed by atoms with Crippen molar-refractivity contribution in [1.29, 1.82) is 0 Å². The molecule has 0 bridgehead atoms. The van der Waals surface area contributed by atoms with Crippen LogP contribution in [0.1, 0.15) is 72.6 Å². The minimum absolute atomic E-state index is 0.00894. The number of aliphatic hydroxyl groups is 1. The van der Waals surface area contributed by atoms with Gasteiger partial charge in [0.05, 0.1) is 6.61 Å². The first-order chi connectivity index (χ1) is 12.7. The van der Waals surface area contributed by atoms with Gasteiger partial charge in [-0.25, -0.2) is 0 Å². The molecule has 26 heavy (non-hydrogen) atoms. The van der Waals surface area contributed by atoms with Crippen molar-refractivity contribution in [2.24, 2.45) is 0 Å². The molecule has 0 aliphatic heterocycles. The molecule has 3 heteroatoms. The molecule has 0 atom stereocenters. The Morgan fingerprint density at radius 3 is 2.04 bits per heavy atom. The summed E-state index contributed by atoms with van der Waals surface area (Å²) < 4.78 is 0. The van der Waals surface area contributed by atoms with E-state index in [1.54, 1.807) is 31.2 Å². The first-order valence-electron chi connectivity index (χ1n) is 9.46. The third-order valence-electron chi connectivity index (χ3n) is 4.71. The number of ketones is 2. The number of benzene rings is 1. The maximum Gasteiger partial charge on any atom is 0.190 e. The summed E-state index contributed by atoms with van der Waals surface area (Å²) in [4.78, 5) is 25.1. The van der Waals surface area contributed by atoms with Crippen LogP contribution in [0.15, 0.2) is 59.7 Å². The van der Waals surface area contributed by atoms with E-state index >= 15 is 0 Å². The van der Waals surface area contributed by atoms with Gasteiger partial charge in [0.25, 0.3) is 0 Å². The summed E-state index contributed by atoms with van der Waals surface area (Å²) in [5.41, 5.74) is 2.39. The second-order valence-corrected chi connectivity index (χ2v) is 6.61. The lowest BCUT2D eigenvalue weighted by Gasteiger charge is -2.18.